The maximum Gasteiger partial charge on any atom is 0.343 e. The van der Waals surface area contributed by atoms with Crippen LogP contribution in [0.2, 0.25) is 5.02 Å². The van der Waals surface area contributed by atoms with Crippen LogP contribution >= 0.6 is 11.6 Å². The van der Waals surface area contributed by atoms with Crippen molar-refractivity contribution in [2.45, 2.75) is 6.92 Å². The third kappa shape index (κ3) is 3.21. The zero-order chi connectivity index (χ0) is 17.3. The first-order valence-corrected chi connectivity index (χ1v) is 7.48. The summed E-state index contributed by atoms with van der Waals surface area (Å²) < 4.78 is 5.27. The number of nitro benzene ring substituents is 1. The Morgan fingerprint density at radius 1 is 1.17 bits per heavy atom. The molecule has 0 radical (unpaired) electrons. The molecule has 0 N–H and O–H groups in total. The first kappa shape index (κ1) is 16.0. The molecule has 0 aliphatic carbocycles. The number of hydrogen-bond donors (Lipinski definition) is 0. The number of rotatable bonds is 3. The molecular formula is C18H12ClNO4. The highest BCUT2D eigenvalue weighted by atomic mass is 35.5. The standard InChI is InChI=1S/C18H12ClNO4/c1-11-2-4-12(5-3-11)17-10-14(18(21)24-17)8-13-9-15(20(22)23)6-7-16(13)19/h2-10H,1H3/b14-8+. The molecule has 0 atom stereocenters. The van der Waals surface area contributed by atoms with E-state index < -0.39 is 10.9 Å². The Bertz CT molecular complexity index is 898. The lowest BCUT2D eigenvalue weighted by atomic mass is 10.1. The van der Waals surface area contributed by atoms with Gasteiger partial charge in [-0.1, -0.05) is 41.4 Å². The van der Waals surface area contributed by atoms with Crippen LogP contribution in [0.4, 0.5) is 5.69 Å². The van der Waals surface area contributed by atoms with E-state index in [1.807, 2.05) is 31.2 Å². The Kier molecular flexibility index (Phi) is 4.18. The summed E-state index contributed by atoms with van der Waals surface area (Å²) >= 11 is 6.06. The van der Waals surface area contributed by atoms with Crippen molar-refractivity contribution in [2.24, 2.45) is 0 Å². The molecule has 2 aromatic rings. The molecular weight excluding hydrogens is 330 g/mol. The quantitative estimate of drug-likeness (QED) is 0.356. The van der Waals surface area contributed by atoms with Gasteiger partial charge in [0, 0.05) is 28.3 Å². The van der Waals surface area contributed by atoms with Gasteiger partial charge in [0.1, 0.15) is 5.76 Å². The summed E-state index contributed by atoms with van der Waals surface area (Å²) in [5.74, 6) is -0.0825. The molecule has 24 heavy (non-hydrogen) atoms. The third-order valence-electron chi connectivity index (χ3n) is 3.56. The van der Waals surface area contributed by atoms with Crippen LogP contribution in [0, 0.1) is 17.0 Å². The molecule has 0 bridgehead atoms. The topological polar surface area (TPSA) is 69.4 Å². The van der Waals surface area contributed by atoms with Crippen molar-refractivity contribution < 1.29 is 14.5 Å². The van der Waals surface area contributed by atoms with Gasteiger partial charge in [-0.15, -0.1) is 0 Å². The number of halogens is 1. The van der Waals surface area contributed by atoms with E-state index in [1.54, 1.807) is 6.08 Å². The fraction of sp³-hybridized carbons (Fsp3) is 0.0556. The Hall–Kier alpha value is -2.92. The minimum absolute atomic E-state index is 0.0969. The zero-order valence-corrected chi connectivity index (χ0v) is 13.4. The molecule has 0 saturated carbocycles. The number of non-ortho nitro benzene ring substituents is 1. The van der Waals surface area contributed by atoms with Gasteiger partial charge in [-0.3, -0.25) is 10.1 Å². The van der Waals surface area contributed by atoms with Gasteiger partial charge in [0.05, 0.1) is 10.5 Å². The Labute approximate surface area is 143 Å². The normalized spacial score (nSPS) is 15.3. The number of hydrogen-bond acceptors (Lipinski definition) is 4. The van der Waals surface area contributed by atoms with Crippen LogP contribution in [0.5, 0.6) is 0 Å². The van der Waals surface area contributed by atoms with E-state index in [0.29, 0.717) is 16.3 Å². The molecule has 0 spiro atoms. The van der Waals surface area contributed by atoms with Crippen molar-refractivity contribution in [2.75, 3.05) is 0 Å². The Morgan fingerprint density at radius 3 is 2.54 bits per heavy atom. The largest absolute Gasteiger partial charge is 0.422 e. The van der Waals surface area contributed by atoms with E-state index in [1.165, 1.54) is 24.3 Å². The van der Waals surface area contributed by atoms with Crippen molar-refractivity contribution in [3.8, 4) is 0 Å². The lowest BCUT2D eigenvalue weighted by molar-refractivity contribution is -0.384. The van der Waals surface area contributed by atoms with Gasteiger partial charge < -0.3 is 4.74 Å². The molecule has 120 valence electrons. The van der Waals surface area contributed by atoms with Gasteiger partial charge in [-0.25, -0.2) is 4.79 Å². The van der Waals surface area contributed by atoms with Gasteiger partial charge >= 0.3 is 5.97 Å². The van der Waals surface area contributed by atoms with Crippen LogP contribution in [0.1, 0.15) is 16.7 Å². The van der Waals surface area contributed by atoms with E-state index in [-0.39, 0.29) is 11.3 Å². The summed E-state index contributed by atoms with van der Waals surface area (Å²) in [6.45, 7) is 1.97. The van der Waals surface area contributed by atoms with E-state index in [9.17, 15) is 14.9 Å². The Morgan fingerprint density at radius 2 is 1.88 bits per heavy atom. The number of aryl methyl sites for hydroxylation is 1. The minimum atomic E-state index is -0.520. The van der Waals surface area contributed by atoms with Gasteiger partial charge in [0.15, 0.2) is 0 Å². The number of nitro groups is 1. The lowest BCUT2D eigenvalue weighted by Gasteiger charge is -2.01. The summed E-state index contributed by atoms with van der Waals surface area (Å²) in [6, 6.07) is 11.6. The van der Waals surface area contributed by atoms with Crippen LogP contribution in [-0.2, 0) is 9.53 Å². The number of carbonyl (C=O) groups is 1. The first-order chi connectivity index (χ1) is 11.4. The molecule has 1 heterocycles. The summed E-state index contributed by atoms with van der Waals surface area (Å²) in [5, 5.41) is 11.2. The predicted molar refractivity (Wildman–Crippen MR) is 91.3 cm³/mol. The smallest absolute Gasteiger partial charge is 0.343 e. The van der Waals surface area contributed by atoms with Crippen molar-refractivity contribution in [1.82, 2.24) is 0 Å². The summed E-state index contributed by atoms with van der Waals surface area (Å²) in [7, 11) is 0. The van der Waals surface area contributed by atoms with Gasteiger partial charge in [0.2, 0.25) is 0 Å². The van der Waals surface area contributed by atoms with Crippen LogP contribution in [-0.4, -0.2) is 10.9 Å². The fourth-order valence-corrected chi connectivity index (χ4v) is 2.44. The van der Waals surface area contributed by atoms with Crippen molar-refractivity contribution >= 4 is 35.1 Å². The van der Waals surface area contributed by atoms with Gasteiger partial charge in [-0.05, 0) is 25.1 Å². The molecule has 0 saturated heterocycles. The first-order valence-electron chi connectivity index (χ1n) is 7.10. The summed E-state index contributed by atoms with van der Waals surface area (Å²) in [5.41, 5.74) is 2.46. The fourth-order valence-electron chi connectivity index (χ4n) is 2.27. The molecule has 0 unspecified atom stereocenters. The number of esters is 1. The minimum Gasteiger partial charge on any atom is -0.422 e. The van der Waals surface area contributed by atoms with Crippen molar-refractivity contribution in [3.63, 3.8) is 0 Å². The van der Waals surface area contributed by atoms with Crippen molar-refractivity contribution in [3.05, 3.63) is 85.9 Å². The van der Waals surface area contributed by atoms with Crippen LogP contribution in [0.15, 0.2) is 54.1 Å². The summed E-state index contributed by atoms with van der Waals surface area (Å²) in [6.07, 6.45) is 3.08. The number of ether oxygens (including phenoxy) is 1. The van der Waals surface area contributed by atoms with E-state index >= 15 is 0 Å². The summed E-state index contributed by atoms with van der Waals surface area (Å²) in [4.78, 5) is 22.4. The second-order valence-corrected chi connectivity index (χ2v) is 5.73. The molecule has 0 amide bonds. The predicted octanol–water partition coefficient (Wildman–Crippen LogP) is 4.54. The van der Waals surface area contributed by atoms with Gasteiger partial charge in [-0.2, -0.15) is 0 Å². The second kappa shape index (κ2) is 6.29. The number of nitrogens with zero attached hydrogens (tertiary/aromatic N) is 1. The molecule has 0 fully saturated rings. The van der Waals surface area contributed by atoms with E-state index in [4.69, 9.17) is 16.3 Å². The average Bonchev–Trinajstić information content (AvgIpc) is 2.91. The van der Waals surface area contributed by atoms with Crippen LogP contribution in [0.25, 0.3) is 11.8 Å². The highest BCUT2D eigenvalue weighted by Gasteiger charge is 2.22. The SMILES string of the molecule is Cc1ccc(C2=C/C(=C\c3cc([N+](=O)[O-])ccc3Cl)C(=O)O2)cc1. The van der Waals surface area contributed by atoms with Gasteiger partial charge in [0.25, 0.3) is 5.69 Å². The van der Waals surface area contributed by atoms with E-state index in [2.05, 4.69) is 0 Å². The molecule has 1 aliphatic rings. The monoisotopic (exact) mass is 341 g/mol. The zero-order valence-electron chi connectivity index (χ0n) is 12.7. The van der Waals surface area contributed by atoms with E-state index in [0.717, 1.165) is 11.1 Å². The number of benzene rings is 2. The number of carbonyl (C=O) groups excluding carboxylic acids is 1. The number of cyclic esters (lactones) is 1. The average molecular weight is 342 g/mol. The molecule has 5 nitrogen and oxygen atoms in total. The van der Waals surface area contributed by atoms with Crippen molar-refractivity contribution in [1.29, 1.82) is 0 Å². The molecule has 3 rings (SSSR count). The molecule has 0 aromatic heterocycles. The second-order valence-electron chi connectivity index (χ2n) is 5.33. The highest BCUT2D eigenvalue weighted by molar-refractivity contribution is 6.32. The molecule has 1 aliphatic heterocycles. The third-order valence-corrected chi connectivity index (χ3v) is 3.91. The lowest BCUT2D eigenvalue weighted by Crippen LogP contribution is -1.97. The molecule has 2 aromatic carbocycles. The highest BCUT2D eigenvalue weighted by Crippen LogP contribution is 2.30. The Balaban J connectivity index is 1.98. The maximum atomic E-state index is 12.0. The van der Waals surface area contributed by atoms with Crippen LogP contribution < -0.4 is 0 Å². The maximum absolute atomic E-state index is 12.0. The molecule has 6 heteroatoms. The van der Waals surface area contributed by atoms with Crippen LogP contribution in [0.3, 0.4) is 0 Å².